The molecule has 22 heavy (non-hydrogen) atoms. The van der Waals surface area contributed by atoms with E-state index in [0.717, 1.165) is 24.8 Å². The van der Waals surface area contributed by atoms with Gasteiger partial charge in [0.05, 0.1) is 11.0 Å². The van der Waals surface area contributed by atoms with Crippen LogP contribution in [0.2, 0.25) is 0 Å². The van der Waals surface area contributed by atoms with Gasteiger partial charge in [-0.25, -0.2) is 9.37 Å². The van der Waals surface area contributed by atoms with Crippen LogP contribution in [0.1, 0.15) is 31.7 Å². The molecule has 2 atom stereocenters. The maximum absolute atomic E-state index is 14.1. The molecule has 0 saturated heterocycles. The van der Waals surface area contributed by atoms with Crippen LogP contribution in [0.5, 0.6) is 0 Å². The summed E-state index contributed by atoms with van der Waals surface area (Å²) in [6.07, 6.45) is 4.43. The molecule has 1 aliphatic rings. The number of nitrogens with two attached hydrogens (primary N) is 2. The lowest BCUT2D eigenvalue weighted by molar-refractivity contribution is -0.0423. The first kappa shape index (κ1) is 14.8. The number of fused-ring (bicyclic) bond motifs is 1. The molecule has 118 valence electrons. The highest BCUT2D eigenvalue weighted by atomic mass is 19.1. The molecule has 5 nitrogen and oxygen atoms in total. The molecule has 0 aliphatic heterocycles. The zero-order valence-electron chi connectivity index (χ0n) is 12.8. The Morgan fingerprint density at radius 3 is 2.95 bits per heavy atom. The first-order chi connectivity index (χ1) is 10.5. The number of rotatable bonds is 2. The van der Waals surface area contributed by atoms with Gasteiger partial charge < -0.3 is 21.2 Å². The molecule has 6 heteroatoms. The summed E-state index contributed by atoms with van der Waals surface area (Å²) in [4.78, 5) is 7.22. The highest BCUT2D eigenvalue weighted by Gasteiger charge is 2.45. The van der Waals surface area contributed by atoms with Crippen molar-refractivity contribution in [2.24, 2.45) is 11.7 Å². The van der Waals surface area contributed by atoms with Crippen LogP contribution in [0.15, 0.2) is 23.9 Å². The minimum Gasteiger partial charge on any atom is -0.405 e. The summed E-state index contributed by atoms with van der Waals surface area (Å²) in [6, 6.07) is 2.88. The number of nitrogens with zero attached hydrogens (tertiary/aromatic N) is 1. The number of halogens is 1. The average molecular weight is 304 g/mol. The second-order valence-corrected chi connectivity index (χ2v) is 5.90. The van der Waals surface area contributed by atoms with E-state index in [9.17, 15) is 4.39 Å². The Balaban J connectivity index is 2.34. The summed E-state index contributed by atoms with van der Waals surface area (Å²) < 4.78 is 20.1. The molecule has 5 N–H and O–H groups in total. The number of nitrogen functional groups attached to an aromatic ring is 1. The van der Waals surface area contributed by atoms with E-state index in [1.807, 2.05) is 0 Å². The largest absolute Gasteiger partial charge is 0.405 e. The topological polar surface area (TPSA) is 90.0 Å². The lowest BCUT2D eigenvalue weighted by Gasteiger charge is -2.44. The van der Waals surface area contributed by atoms with E-state index in [1.165, 1.54) is 12.1 Å². The molecular weight excluding hydrogens is 283 g/mol. The fourth-order valence-corrected chi connectivity index (χ4v) is 3.78. The van der Waals surface area contributed by atoms with Crippen molar-refractivity contribution in [3.8, 4) is 0 Å². The quantitative estimate of drug-likeness (QED) is 0.795. The van der Waals surface area contributed by atoms with Gasteiger partial charge in [0.1, 0.15) is 11.4 Å². The number of H-pyrrole nitrogens is 1. The highest BCUT2D eigenvalue weighted by molar-refractivity contribution is 5.82. The molecule has 0 radical (unpaired) electrons. The van der Waals surface area contributed by atoms with E-state index in [0.29, 0.717) is 16.6 Å². The summed E-state index contributed by atoms with van der Waals surface area (Å²) in [6.45, 7) is 2.10. The molecule has 0 amide bonds. The molecule has 1 aromatic carbocycles. The van der Waals surface area contributed by atoms with Crippen molar-refractivity contribution in [3.05, 3.63) is 35.3 Å². The third kappa shape index (κ3) is 1.98. The summed E-state index contributed by atoms with van der Waals surface area (Å²) in [5.74, 6) is 0.0653. The zero-order chi connectivity index (χ0) is 15.9. The number of methoxy groups -OCH3 is 1. The Morgan fingerprint density at radius 2 is 2.27 bits per heavy atom. The molecule has 1 fully saturated rings. The van der Waals surface area contributed by atoms with Crippen LogP contribution < -0.4 is 11.5 Å². The highest BCUT2D eigenvalue weighted by Crippen LogP contribution is 2.49. The van der Waals surface area contributed by atoms with Gasteiger partial charge in [0.15, 0.2) is 5.95 Å². The molecule has 0 spiro atoms. The van der Waals surface area contributed by atoms with Gasteiger partial charge in [-0.1, -0.05) is 6.92 Å². The van der Waals surface area contributed by atoms with E-state index in [2.05, 4.69) is 16.9 Å². The molecule has 1 aromatic heterocycles. The van der Waals surface area contributed by atoms with Gasteiger partial charge in [-0.3, -0.25) is 0 Å². The number of hydrogen-bond donors (Lipinski definition) is 3. The molecule has 1 heterocycles. The van der Waals surface area contributed by atoms with E-state index in [1.54, 1.807) is 13.3 Å². The minimum atomic E-state index is -0.769. The Hall–Kier alpha value is -2.08. The number of anilines is 1. The van der Waals surface area contributed by atoms with E-state index in [4.69, 9.17) is 16.2 Å². The van der Waals surface area contributed by atoms with E-state index in [-0.39, 0.29) is 17.7 Å². The summed E-state index contributed by atoms with van der Waals surface area (Å²) in [5, 5.41) is 0. The number of aromatic amines is 1. The second kappa shape index (κ2) is 5.28. The molecule has 3 rings (SSSR count). The SMILES string of the molecule is COC1(c2cc(F)cc3[nH]c(N)nc23)/C(=C/N)CCCC1C. The van der Waals surface area contributed by atoms with Gasteiger partial charge in [-0.15, -0.1) is 0 Å². The van der Waals surface area contributed by atoms with Crippen LogP contribution in [0.4, 0.5) is 10.3 Å². The lowest BCUT2D eigenvalue weighted by Crippen LogP contribution is -2.41. The lowest BCUT2D eigenvalue weighted by atomic mass is 9.69. The van der Waals surface area contributed by atoms with Crippen molar-refractivity contribution < 1.29 is 9.13 Å². The zero-order valence-corrected chi connectivity index (χ0v) is 12.8. The van der Waals surface area contributed by atoms with Crippen LogP contribution >= 0.6 is 0 Å². The number of imidazole rings is 1. The predicted octanol–water partition coefficient (Wildman–Crippen LogP) is 2.79. The van der Waals surface area contributed by atoms with E-state index < -0.39 is 5.60 Å². The van der Waals surface area contributed by atoms with Crippen LogP contribution in [-0.2, 0) is 10.3 Å². The smallest absolute Gasteiger partial charge is 0.198 e. The fourth-order valence-electron chi connectivity index (χ4n) is 3.78. The monoisotopic (exact) mass is 304 g/mol. The Bertz CT molecular complexity index is 739. The number of benzene rings is 1. The van der Waals surface area contributed by atoms with Crippen LogP contribution in [-0.4, -0.2) is 17.1 Å². The number of aromatic nitrogens is 2. The molecule has 2 aromatic rings. The van der Waals surface area contributed by atoms with Gasteiger partial charge in [-0.2, -0.15) is 0 Å². The van der Waals surface area contributed by atoms with Crippen molar-refractivity contribution in [2.45, 2.75) is 31.8 Å². The Kier molecular flexibility index (Phi) is 3.56. The molecular formula is C16H21FN4O. The molecule has 1 saturated carbocycles. The van der Waals surface area contributed by atoms with Crippen molar-refractivity contribution in [1.29, 1.82) is 0 Å². The fraction of sp³-hybridized carbons (Fsp3) is 0.438. The third-order valence-electron chi connectivity index (χ3n) is 4.75. The maximum atomic E-state index is 14.1. The maximum Gasteiger partial charge on any atom is 0.198 e. The standard InChI is InChI=1S/C16H21FN4O/c1-9-4-3-5-10(8-18)16(9,22-2)12-6-11(17)7-13-14(12)21-15(19)20-13/h6-9H,3-5,18H2,1-2H3,(H3,19,20,21)/b10-8+. The van der Waals surface area contributed by atoms with Gasteiger partial charge in [-0.05, 0) is 49.1 Å². The number of nitrogens with one attached hydrogen (secondary N) is 1. The van der Waals surface area contributed by atoms with Gasteiger partial charge in [0, 0.05) is 12.7 Å². The second-order valence-electron chi connectivity index (χ2n) is 5.90. The Morgan fingerprint density at radius 1 is 1.50 bits per heavy atom. The van der Waals surface area contributed by atoms with Crippen LogP contribution in [0.3, 0.4) is 0 Å². The first-order valence-corrected chi connectivity index (χ1v) is 7.44. The van der Waals surface area contributed by atoms with Crippen LogP contribution in [0.25, 0.3) is 11.0 Å². The number of ether oxygens (including phenoxy) is 1. The Labute approximate surface area is 128 Å². The van der Waals surface area contributed by atoms with Gasteiger partial charge >= 0.3 is 0 Å². The first-order valence-electron chi connectivity index (χ1n) is 7.44. The normalized spacial score (nSPS) is 27.6. The van der Waals surface area contributed by atoms with Gasteiger partial charge in [0.2, 0.25) is 0 Å². The summed E-state index contributed by atoms with van der Waals surface area (Å²) in [5.41, 5.74) is 13.7. The average Bonchev–Trinajstić information content (AvgIpc) is 2.86. The van der Waals surface area contributed by atoms with Crippen LogP contribution in [0, 0.1) is 11.7 Å². The van der Waals surface area contributed by atoms with Crippen molar-refractivity contribution in [1.82, 2.24) is 9.97 Å². The van der Waals surface area contributed by atoms with Crippen molar-refractivity contribution in [3.63, 3.8) is 0 Å². The van der Waals surface area contributed by atoms with Gasteiger partial charge in [0.25, 0.3) is 0 Å². The summed E-state index contributed by atoms with van der Waals surface area (Å²) in [7, 11) is 1.64. The van der Waals surface area contributed by atoms with Crippen molar-refractivity contribution >= 4 is 17.0 Å². The van der Waals surface area contributed by atoms with E-state index >= 15 is 0 Å². The molecule has 0 bridgehead atoms. The molecule has 2 unspecified atom stereocenters. The summed E-state index contributed by atoms with van der Waals surface area (Å²) >= 11 is 0. The number of hydrogen-bond acceptors (Lipinski definition) is 4. The minimum absolute atomic E-state index is 0.156. The van der Waals surface area contributed by atoms with Crippen molar-refractivity contribution in [2.75, 3.05) is 12.8 Å². The predicted molar refractivity (Wildman–Crippen MR) is 84.4 cm³/mol. The third-order valence-corrected chi connectivity index (χ3v) is 4.75. The molecule has 1 aliphatic carbocycles.